The fraction of sp³-hybridized carbons (Fsp3) is 0.667. The zero-order valence-electron chi connectivity index (χ0n) is 9.67. The van der Waals surface area contributed by atoms with Crippen LogP contribution in [0, 0.1) is 5.92 Å². The molecule has 0 saturated carbocycles. The minimum Gasteiger partial charge on any atom is -0.383 e. The molecular weight excluding hydrogens is 158 g/mol. The second-order valence-electron chi connectivity index (χ2n) is 4.20. The molecule has 0 aliphatic heterocycles. The summed E-state index contributed by atoms with van der Waals surface area (Å²) in [4.78, 5) is 2.06. The average molecular weight is 181 g/mol. The van der Waals surface area contributed by atoms with Crippen LogP contribution in [0.4, 0.5) is 0 Å². The van der Waals surface area contributed by atoms with Gasteiger partial charge in [-0.3, -0.25) is 0 Å². The van der Waals surface area contributed by atoms with E-state index in [9.17, 15) is 0 Å². The Morgan fingerprint density at radius 1 is 1.31 bits per heavy atom. The first kappa shape index (κ1) is 12.3. The van der Waals surface area contributed by atoms with Gasteiger partial charge in [-0.05, 0) is 38.0 Å². The summed E-state index contributed by atoms with van der Waals surface area (Å²) in [6.45, 7) is 6.68. The summed E-state index contributed by atoms with van der Waals surface area (Å²) < 4.78 is 0. The third-order valence-corrected chi connectivity index (χ3v) is 1.85. The number of hydrogen-bond acceptors (Lipinski definition) is 1. The van der Waals surface area contributed by atoms with E-state index >= 15 is 0 Å². The highest BCUT2D eigenvalue weighted by molar-refractivity contribution is 5.14. The number of nitrogens with zero attached hydrogens (tertiary/aromatic N) is 1. The van der Waals surface area contributed by atoms with E-state index in [-0.39, 0.29) is 0 Å². The molecule has 0 aromatic rings. The van der Waals surface area contributed by atoms with Crippen LogP contribution >= 0.6 is 0 Å². The lowest BCUT2D eigenvalue weighted by atomic mass is 10.1. The van der Waals surface area contributed by atoms with Crippen LogP contribution in [0.15, 0.2) is 23.9 Å². The van der Waals surface area contributed by atoms with Crippen molar-refractivity contribution < 1.29 is 0 Å². The minimum atomic E-state index is 0.807. The molecule has 1 heteroatoms. The fourth-order valence-electron chi connectivity index (χ4n) is 0.979. The zero-order chi connectivity index (χ0) is 10.3. The average Bonchev–Trinajstić information content (AvgIpc) is 2.00. The van der Waals surface area contributed by atoms with E-state index < -0.39 is 0 Å². The van der Waals surface area contributed by atoms with Crippen LogP contribution in [-0.4, -0.2) is 19.0 Å². The first-order valence-corrected chi connectivity index (χ1v) is 5.03. The van der Waals surface area contributed by atoms with Crippen molar-refractivity contribution in [3.05, 3.63) is 23.9 Å². The highest BCUT2D eigenvalue weighted by atomic mass is 15.0. The third kappa shape index (κ3) is 9.19. The van der Waals surface area contributed by atoms with E-state index in [1.165, 1.54) is 18.4 Å². The van der Waals surface area contributed by atoms with Gasteiger partial charge in [-0.2, -0.15) is 0 Å². The van der Waals surface area contributed by atoms with Gasteiger partial charge in [0, 0.05) is 14.1 Å². The van der Waals surface area contributed by atoms with Crippen LogP contribution in [-0.2, 0) is 0 Å². The quantitative estimate of drug-likeness (QED) is 0.587. The molecule has 0 amide bonds. The molecule has 0 aliphatic carbocycles. The second kappa shape index (κ2) is 6.76. The van der Waals surface area contributed by atoms with E-state index in [0.29, 0.717) is 0 Å². The van der Waals surface area contributed by atoms with Gasteiger partial charge in [0.1, 0.15) is 0 Å². The fourth-order valence-corrected chi connectivity index (χ4v) is 0.979. The first-order valence-electron chi connectivity index (χ1n) is 5.03. The van der Waals surface area contributed by atoms with E-state index in [1.54, 1.807) is 0 Å². The van der Waals surface area contributed by atoms with Crippen LogP contribution < -0.4 is 0 Å². The van der Waals surface area contributed by atoms with Crippen molar-refractivity contribution in [2.45, 2.75) is 33.6 Å². The Kier molecular flexibility index (Phi) is 6.38. The summed E-state index contributed by atoms with van der Waals surface area (Å²) >= 11 is 0. The molecular formula is C12H23N. The number of rotatable bonds is 5. The Morgan fingerprint density at radius 2 is 1.92 bits per heavy atom. The predicted molar refractivity (Wildman–Crippen MR) is 60.7 cm³/mol. The van der Waals surface area contributed by atoms with Gasteiger partial charge in [0.2, 0.25) is 0 Å². The molecule has 0 bridgehead atoms. The maximum Gasteiger partial charge on any atom is 0.00556 e. The molecule has 0 aromatic heterocycles. The van der Waals surface area contributed by atoms with Crippen molar-refractivity contribution >= 4 is 0 Å². The van der Waals surface area contributed by atoms with E-state index in [1.807, 2.05) is 14.1 Å². The van der Waals surface area contributed by atoms with Gasteiger partial charge in [0.15, 0.2) is 0 Å². The smallest absolute Gasteiger partial charge is 0.00556 e. The van der Waals surface area contributed by atoms with Crippen LogP contribution in [0.2, 0.25) is 0 Å². The van der Waals surface area contributed by atoms with Gasteiger partial charge < -0.3 is 4.90 Å². The Labute approximate surface area is 83.1 Å². The molecule has 0 unspecified atom stereocenters. The Morgan fingerprint density at radius 3 is 2.38 bits per heavy atom. The number of hydrogen-bond donors (Lipinski definition) is 0. The van der Waals surface area contributed by atoms with Crippen molar-refractivity contribution in [1.82, 2.24) is 4.90 Å². The molecule has 0 spiro atoms. The van der Waals surface area contributed by atoms with E-state index in [0.717, 1.165) is 5.92 Å². The lowest BCUT2D eigenvalue weighted by Gasteiger charge is -2.03. The van der Waals surface area contributed by atoms with Gasteiger partial charge in [0.25, 0.3) is 0 Å². The third-order valence-electron chi connectivity index (χ3n) is 1.85. The van der Waals surface area contributed by atoms with Gasteiger partial charge in [-0.1, -0.05) is 25.5 Å². The van der Waals surface area contributed by atoms with Crippen molar-refractivity contribution in [1.29, 1.82) is 0 Å². The normalized spacial score (nSPS) is 12.9. The molecule has 0 rings (SSSR count). The Balaban J connectivity index is 3.75. The van der Waals surface area contributed by atoms with Gasteiger partial charge in [0.05, 0.1) is 0 Å². The maximum atomic E-state index is 2.31. The topological polar surface area (TPSA) is 3.24 Å². The molecule has 0 radical (unpaired) electrons. The molecule has 0 aliphatic rings. The Hall–Kier alpha value is -0.720. The van der Waals surface area contributed by atoms with Crippen LogP contribution in [0.3, 0.4) is 0 Å². The molecule has 1 nitrogen and oxygen atoms in total. The van der Waals surface area contributed by atoms with Crippen molar-refractivity contribution in [2.75, 3.05) is 14.1 Å². The van der Waals surface area contributed by atoms with Crippen molar-refractivity contribution in [3.63, 3.8) is 0 Å². The lowest BCUT2D eigenvalue weighted by Crippen LogP contribution is -1.99. The summed E-state index contributed by atoms with van der Waals surface area (Å²) in [5.41, 5.74) is 1.36. The molecule has 13 heavy (non-hydrogen) atoms. The lowest BCUT2D eigenvalue weighted by molar-refractivity contribution is 0.563. The minimum absolute atomic E-state index is 0.807. The predicted octanol–water partition coefficient (Wildman–Crippen LogP) is 3.44. The SMILES string of the molecule is CC(C=CN(C)C)=CCCC(C)C. The van der Waals surface area contributed by atoms with Gasteiger partial charge in [-0.25, -0.2) is 0 Å². The van der Waals surface area contributed by atoms with Gasteiger partial charge in [-0.15, -0.1) is 0 Å². The highest BCUT2D eigenvalue weighted by Crippen LogP contribution is 2.06. The van der Waals surface area contributed by atoms with Crippen molar-refractivity contribution in [2.24, 2.45) is 5.92 Å². The summed E-state index contributed by atoms with van der Waals surface area (Å²) in [7, 11) is 4.08. The van der Waals surface area contributed by atoms with Crippen molar-refractivity contribution in [3.8, 4) is 0 Å². The standard InChI is InChI=1S/C12H23N/c1-11(2)7-6-8-12(3)9-10-13(4)5/h8-11H,6-7H2,1-5H3. The second-order valence-corrected chi connectivity index (χ2v) is 4.20. The summed E-state index contributed by atoms with van der Waals surface area (Å²) in [5, 5.41) is 0. The van der Waals surface area contributed by atoms with Crippen LogP contribution in [0.1, 0.15) is 33.6 Å². The molecule has 0 fully saturated rings. The van der Waals surface area contributed by atoms with Crippen LogP contribution in [0.5, 0.6) is 0 Å². The molecule has 0 aromatic carbocycles. The molecule has 0 heterocycles. The van der Waals surface area contributed by atoms with Crippen LogP contribution in [0.25, 0.3) is 0 Å². The largest absolute Gasteiger partial charge is 0.383 e. The van der Waals surface area contributed by atoms with E-state index in [4.69, 9.17) is 0 Å². The summed E-state index contributed by atoms with van der Waals surface area (Å²) in [6.07, 6.45) is 9.02. The maximum absolute atomic E-state index is 2.31. The molecule has 76 valence electrons. The Bertz CT molecular complexity index is 176. The van der Waals surface area contributed by atoms with Gasteiger partial charge >= 0.3 is 0 Å². The van der Waals surface area contributed by atoms with E-state index in [2.05, 4.69) is 44.0 Å². The molecule has 0 N–H and O–H groups in total. The highest BCUT2D eigenvalue weighted by Gasteiger charge is 1.90. The summed E-state index contributed by atoms with van der Waals surface area (Å²) in [5.74, 6) is 0.807. The first-order chi connectivity index (χ1) is 6.02. The molecule has 0 atom stereocenters. The zero-order valence-corrected chi connectivity index (χ0v) is 9.67. The summed E-state index contributed by atoms with van der Waals surface area (Å²) in [6, 6.07) is 0. The monoisotopic (exact) mass is 181 g/mol. The molecule has 0 saturated heterocycles. The number of allylic oxidation sites excluding steroid dienone is 3.